The minimum absolute atomic E-state index is 0.248. The highest BCUT2D eigenvalue weighted by Gasteiger charge is 2.24. The lowest BCUT2D eigenvalue weighted by Crippen LogP contribution is -2.38. The van der Waals surface area contributed by atoms with E-state index in [4.69, 9.17) is 5.11 Å². The fraction of sp³-hybridized carbons (Fsp3) is 0.400. The fourth-order valence-electron chi connectivity index (χ4n) is 2.67. The van der Waals surface area contributed by atoms with Gasteiger partial charge in [-0.15, -0.1) is 0 Å². The molecule has 0 atom stereocenters. The summed E-state index contributed by atoms with van der Waals surface area (Å²) in [5, 5.41) is 13.5. The Bertz CT molecular complexity index is 603. The third-order valence-corrected chi connectivity index (χ3v) is 3.87. The molecular formula is C15H18N4O2. The molecule has 6 heteroatoms. The molecule has 1 amide bonds. The highest BCUT2D eigenvalue weighted by Crippen LogP contribution is 2.21. The van der Waals surface area contributed by atoms with Crippen molar-refractivity contribution in [2.45, 2.75) is 25.3 Å². The van der Waals surface area contributed by atoms with E-state index in [2.05, 4.69) is 22.2 Å². The minimum Gasteiger partial charge on any atom is -0.465 e. The third-order valence-electron chi connectivity index (χ3n) is 3.87. The van der Waals surface area contributed by atoms with Gasteiger partial charge in [-0.25, -0.2) is 14.5 Å². The molecule has 1 aromatic carbocycles. The number of benzene rings is 1. The zero-order chi connectivity index (χ0) is 14.7. The van der Waals surface area contributed by atoms with Crippen molar-refractivity contribution in [3.63, 3.8) is 0 Å². The van der Waals surface area contributed by atoms with Crippen LogP contribution in [0.1, 0.15) is 30.3 Å². The van der Waals surface area contributed by atoms with Crippen molar-refractivity contribution in [2.75, 3.05) is 13.1 Å². The number of hydrogen-bond donors (Lipinski definition) is 1. The Morgan fingerprint density at radius 3 is 2.62 bits per heavy atom. The maximum atomic E-state index is 10.9. The maximum absolute atomic E-state index is 10.9. The quantitative estimate of drug-likeness (QED) is 0.938. The first-order chi connectivity index (χ1) is 10.2. The maximum Gasteiger partial charge on any atom is 0.407 e. The Kier molecular flexibility index (Phi) is 3.85. The molecule has 1 fully saturated rings. The van der Waals surface area contributed by atoms with Crippen molar-refractivity contribution in [2.24, 2.45) is 0 Å². The Morgan fingerprint density at radius 1 is 1.24 bits per heavy atom. The number of hydrogen-bond acceptors (Lipinski definition) is 3. The molecule has 0 spiro atoms. The van der Waals surface area contributed by atoms with Crippen LogP contribution in [0.5, 0.6) is 0 Å². The van der Waals surface area contributed by atoms with Crippen LogP contribution in [0.25, 0.3) is 0 Å². The summed E-state index contributed by atoms with van der Waals surface area (Å²) in [4.78, 5) is 16.7. The van der Waals surface area contributed by atoms with Crippen LogP contribution in [0.2, 0.25) is 0 Å². The number of nitrogens with zero attached hydrogens (tertiary/aromatic N) is 4. The number of carbonyl (C=O) groups is 1. The average Bonchev–Trinajstić information content (AvgIpc) is 2.97. The van der Waals surface area contributed by atoms with Crippen LogP contribution in [0, 0.1) is 0 Å². The van der Waals surface area contributed by atoms with Crippen LogP contribution in [-0.4, -0.2) is 44.0 Å². The smallest absolute Gasteiger partial charge is 0.407 e. The highest BCUT2D eigenvalue weighted by atomic mass is 16.4. The van der Waals surface area contributed by atoms with Gasteiger partial charge in [0.1, 0.15) is 6.33 Å². The van der Waals surface area contributed by atoms with Crippen LogP contribution in [0.15, 0.2) is 36.7 Å². The summed E-state index contributed by atoms with van der Waals surface area (Å²) in [5.74, 6) is 0.807. The lowest BCUT2D eigenvalue weighted by atomic mass is 10.1. The van der Waals surface area contributed by atoms with Gasteiger partial charge in [0.2, 0.25) is 0 Å². The molecule has 1 saturated heterocycles. The predicted octanol–water partition coefficient (Wildman–Crippen LogP) is 2.18. The molecule has 0 saturated carbocycles. The average molecular weight is 286 g/mol. The van der Waals surface area contributed by atoms with E-state index >= 15 is 0 Å². The second-order valence-electron chi connectivity index (χ2n) is 5.30. The zero-order valence-electron chi connectivity index (χ0n) is 11.7. The van der Waals surface area contributed by atoms with Crippen LogP contribution >= 0.6 is 0 Å². The van der Waals surface area contributed by atoms with Gasteiger partial charge in [0.05, 0.1) is 6.04 Å². The first-order valence-corrected chi connectivity index (χ1v) is 7.14. The Hall–Kier alpha value is -2.37. The Labute approximate surface area is 123 Å². The lowest BCUT2D eigenvalue weighted by molar-refractivity contribution is 0.123. The van der Waals surface area contributed by atoms with Gasteiger partial charge in [-0.2, -0.15) is 5.10 Å². The van der Waals surface area contributed by atoms with E-state index in [1.165, 1.54) is 10.5 Å². The van der Waals surface area contributed by atoms with Crippen molar-refractivity contribution < 1.29 is 9.90 Å². The Morgan fingerprint density at radius 2 is 1.95 bits per heavy atom. The summed E-state index contributed by atoms with van der Waals surface area (Å²) in [6.07, 6.45) is 3.24. The molecule has 2 aromatic rings. The molecule has 0 aliphatic carbocycles. The van der Waals surface area contributed by atoms with Crippen molar-refractivity contribution in [3.8, 4) is 0 Å². The van der Waals surface area contributed by atoms with Crippen LogP contribution in [-0.2, 0) is 6.42 Å². The molecular weight excluding hydrogens is 268 g/mol. The second-order valence-corrected chi connectivity index (χ2v) is 5.30. The summed E-state index contributed by atoms with van der Waals surface area (Å²) < 4.78 is 1.89. The van der Waals surface area contributed by atoms with Gasteiger partial charge in [0, 0.05) is 19.5 Å². The van der Waals surface area contributed by atoms with E-state index in [1.807, 2.05) is 22.9 Å². The van der Waals surface area contributed by atoms with Gasteiger partial charge in [-0.3, -0.25) is 0 Å². The number of amides is 1. The van der Waals surface area contributed by atoms with E-state index in [0.29, 0.717) is 13.1 Å². The molecule has 1 N–H and O–H groups in total. The fourth-order valence-corrected chi connectivity index (χ4v) is 2.67. The Balaban J connectivity index is 1.62. The topological polar surface area (TPSA) is 71.2 Å². The molecule has 1 aliphatic rings. The molecule has 0 bridgehead atoms. The number of likely N-dealkylation sites (tertiary alicyclic amines) is 1. The normalized spacial score (nSPS) is 16.1. The standard InChI is InChI=1S/C15H18N4O2/c20-15(21)18-8-6-13(7-9-18)19-11-16-14(17-19)10-12-4-2-1-3-5-12/h1-5,11,13H,6-10H2,(H,20,21). The van der Waals surface area contributed by atoms with Crippen molar-refractivity contribution in [1.82, 2.24) is 19.7 Å². The van der Waals surface area contributed by atoms with Crippen molar-refractivity contribution >= 4 is 6.09 Å². The van der Waals surface area contributed by atoms with Crippen LogP contribution in [0.4, 0.5) is 4.79 Å². The number of rotatable bonds is 3. The van der Waals surface area contributed by atoms with Gasteiger partial charge in [-0.05, 0) is 18.4 Å². The summed E-state index contributed by atoms with van der Waals surface area (Å²) in [7, 11) is 0. The third kappa shape index (κ3) is 3.21. The van der Waals surface area contributed by atoms with E-state index in [1.54, 1.807) is 6.33 Å². The summed E-state index contributed by atoms with van der Waals surface area (Å²) in [6.45, 7) is 1.13. The molecule has 1 aromatic heterocycles. The molecule has 21 heavy (non-hydrogen) atoms. The molecule has 1 aliphatic heterocycles. The number of aromatic nitrogens is 3. The predicted molar refractivity (Wildman–Crippen MR) is 77.1 cm³/mol. The summed E-state index contributed by atoms with van der Waals surface area (Å²) in [6, 6.07) is 10.4. The molecule has 0 unspecified atom stereocenters. The van der Waals surface area contributed by atoms with Gasteiger partial charge >= 0.3 is 6.09 Å². The van der Waals surface area contributed by atoms with Gasteiger partial charge in [0.15, 0.2) is 5.82 Å². The lowest BCUT2D eigenvalue weighted by Gasteiger charge is -2.29. The van der Waals surface area contributed by atoms with Crippen LogP contribution in [0.3, 0.4) is 0 Å². The van der Waals surface area contributed by atoms with Crippen LogP contribution < -0.4 is 0 Å². The molecule has 6 nitrogen and oxygen atoms in total. The molecule has 110 valence electrons. The SMILES string of the molecule is O=C(O)N1CCC(n2cnc(Cc3ccccc3)n2)CC1. The zero-order valence-corrected chi connectivity index (χ0v) is 11.7. The van der Waals surface area contributed by atoms with Gasteiger partial charge in [-0.1, -0.05) is 30.3 Å². The second kappa shape index (κ2) is 5.95. The van der Waals surface area contributed by atoms with E-state index < -0.39 is 6.09 Å². The van der Waals surface area contributed by atoms with E-state index in [9.17, 15) is 4.79 Å². The molecule has 0 radical (unpaired) electrons. The monoisotopic (exact) mass is 286 g/mol. The van der Waals surface area contributed by atoms with E-state index in [0.717, 1.165) is 25.1 Å². The molecule has 2 heterocycles. The van der Waals surface area contributed by atoms with Crippen molar-refractivity contribution in [3.05, 3.63) is 48.0 Å². The largest absolute Gasteiger partial charge is 0.465 e. The van der Waals surface area contributed by atoms with Crippen molar-refractivity contribution in [1.29, 1.82) is 0 Å². The first-order valence-electron chi connectivity index (χ1n) is 7.14. The highest BCUT2D eigenvalue weighted by molar-refractivity contribution is 5.64. The molecule has 3 rings (SSSR count). The summed E-state index contributed by atoms with van der Waals surface area (Å²) in [5.41, 5.74) is 1.19. The van der Waals surface area contributed by atoms with E-state index in [-0.39, 0.29) is 6.04 Å². The van der Waals surface area contributed by atoms with Gasteiger partial charge in [0.25, 0.3) is 0 Å². The number of carboxylic acid groups (broad SMARTS) is 1. The van der Waals surface area contributed by atoms with Gasteiger partial charge < -0.3 is 10.0 Å². The summed E-state index contributed by atoms with van der Waals surface area (Å²) >= 11 is 0. The minimum atomic E-state index is -0.836. The number of piperidine rings is 1. The first kappa shape index (κ1) is 13.6.